The highest BCUT2D eigenvalue weighted by Gasteiger charge is 2.17. The number of ether oxygens (including phenoxy) is 2. The van der Waals surface area contributed by atoms with E-state index in [1.807, 2.05) is 0 Å². The summed E-state index contributed by atoms with van der Waals surface area (Å²) < 4.78 is 24.3. The summed E-state index contributed by atoms with van der Waals surface area (Å²) in [5, 5.41) is 0. The van der Waals surface area contributed by atoms with Gasteiger partial charge in [0.25, 0.3) is 0 Å². The van der Waals surface area contributed by atoms with Crippen LogP contribution in [-0.2, 0) is 0 Å². The molecule has 0 bridgehead atoms. The topological polar surface area (TPSA) is 57.1 Å². The zero-order chi connectivity index (χ0) is 16.6. The minimum atomic E-state index is -0.381. The third kappa shape index (κ3) is 4.63. The normalized spacial score (nSPS) is 15.7. The first kappa shape index (κ1) is 16.6. The fourth-order valence-corrected chi connectivity index (χ4v) is 2.94. The maximum absolute atomic E-state index is 13.4. The van der Waals surface area contributed by atoms with Gasteiger partial charge >= 0.3 is 6.01 Å². The lowest BCUT2D eigenvalue weighted by atomic mass is 10.00. The standard InChI is InChI=1S/C18H22FN3O2/c19-15-9-5-6-10-16(15)23-11-12-24-18-21-13-20-17(22-18)14-7-3-1-2-4-8-14/h5-6,9-10,13-14H,1-4,7-8,11-12H2. The first-order valence-electron chi connectivity index (χ1n) is 8.52. The Labute approximate surface area is 141 Å². The average molecular weight is 331 g/mol. The van der Waals surface area contributed by atoms with Crippen LogP contribution < -0.4 is 9.47 Å². The largest absolute Gasteiger partial charge is 0.487 e. The minimum absolute atomic E-state index is 0.218. The number of aromatic nitrogens is 3. The Hall–Kier alpha value is -2.24. The second-order valence-corrected chi connectivity index (χ2v) is 5.94. The van der Waals surface area contributed by atoms with E-state index in [9.17, 15) is 4.39 Å². The fourth-order valence-electron chi connectivity index (χ4n) is 2.94. The van der Waals surface area contributed by atoms with E-state index in [1.54, 1.807) is 18.2 Å². The van der Waals surface area contributed by atoms with Crippen LogP contribution in [-0.4, -0.2) is 28.2 Å². The Kier molecular flexibility index (Phi) is 5.93. The van der Waals surface area contributed by atoms with Crippen LogP contribution in [0.5, 0.6) is 11.8 Å². The van der Waals surface area contributed by atoms with Crippen molar-refractivity contribution >= 4 is 0 Å². The molecular formula is C18H22FN3O2. The summed E-state index contributed by atoms with van der Waals surface area (Å²) in [5.41, 5.74) is 0. The summed E-state index contributed by atoms with van der Waals surface area (Å²) in [4.78, 5) is 12.8. The zero-order valence-electron chi connectivity index (χ0n) is 13.7. The summed E-state index contributed by atoms with van der Waals surface area (Å²) in [6.07, 6.45) is 8.78. The lowest BCUT2D eigenvalue weighted by Gasteiger charge is -2.13. The molecule has 2 aromatic rings. The van der Waals surface area contributed by atoms with Crippen LogP contribution in [0.25, 0.3) is 0 Å². The van der Waals surface area contributed by atoms with Crippen LogP contribution in [0, 0.1) is 5.82 Å². The predicted octanol–water partition coefficient (Wildman–Crippen LogP) is 3.91. The van der Waals surface area contributed by atoms with Gasteiger partial charge in [0.15, 0.2) is 11.6 Å². The molecule has 0 aliphatic heterocycles. The second-order valence-electron chi connectivity index (χ2n) is 5.94. The lowest BCUT2D eigenvalue weighted by Crippen LogP contribution is -2.13. The summed E-state index contributed by atoms with van der Waals surface area (Å²) in [7, 11) is 0. The van der Waals surface area contributed by atoms with Gasteiger partial charge in [0, 0.05) is 5.92 Å². The van der Waals surface area contributed by atoms with E-state index < -0.39 is 0 Å². The van der Waals surface area contributed by atoms with Gasteiger partial charge in [-0.2, -0.15) is 9.97 Å². The number of hydrogen-bond donors (Lipinski definition) is 0. The van der Waals surface area contributed by atoms with Crippen molar-refractivity contribution in [1.29, 1.82) is 0 Å². The molecule has 1 aliphatic carbocycles. The second kappa shape index (κ2) is 8.57. The molecule has 0 atom stereocenters. The van der Waals surface area contributed by atoms with E-state index in [-0.39, 0.29) is 24.8 Å². The molecule has 1 aromatic heterocycles. The smallest absolute Gasteiger partial charge is 0.319 e. The van der Waals surface area contributed by atoms with Crippen LogP contribution in [0.2, 0.25) is 0 Å². The van der Waals surface area contributed by atoms with Crippen LogP contribution in [0.4, 0.5) is 4.39 Å². The Morgan fingerprint density at radius 2 is 1.71 bits per heavy atom. The van der Waals surface area contributed by atoms with Crippen LogP contribution in [0.1, 0.15) is 50.3 Å². The van der Waals surface area contributed by atoms with Crippen LogP contribution in [0.3, 0.4) is 0 Å². The molecule has 1 heterocycles. The molecule has 0 spiro atoms. The van der Waals surface area contributed by atoms with Crippen molar-refractivity contribution in [3.63, 3.8) is 0 Å². The molecule has 1 fully saturated rings. The van der Waals surface area contributed by atoms with Crippen molar-refractivity contribution in [3.8, 4) is 11.8 Å². The van der Waals surface area contributed by atoms with Gasteiger partial charge in [0.1, 0.15) is 25.4 Å². The van der Waals surface area contributed by atoms with E-state index in [4.69, 9.17) is 9.47 Å². The number of benzene rings is 1. The maximum atomic E-state index is 13.4. The van der Waals surface area contributed by atoms with Crippen LogP contribution in [0.15, 0.2) is 30.6 Å². The van der Waals surface area contributed by atoms with Crippen molar-refractivity contribution in [2.75, 3.05) is 13.2 Å². The van der Waals surface area contributed by atoms with Gasteiger partial charge in [0.2, 0.25) is 0 Å². The van der Waals surface area contributed by atoms with Crippen molar-refractivity contribution < 1.29 is 13.9 Å². The quantitative estimate of drug-likeness (QED) is 0.593. The monoisotopic (exact) mass is 331 g/mol. The number of nitrogens with zero attached hydrogens (tertiary/aromatic N) is 3. The number of hydrogen-bond acceptors (Lipinski definition) is 5. The molecule has 0 N–H and O–H groups in total. The highest BCUT2D eigenvalue weighted by atomic mass is 19.1. The third-order valence-electron chi connectivity index (χ3n) is 4.20. The first-order chi connectivity index (χ1) is 11.8. The van der Waals surface area contributed by atoms with E-state index in [0.29, 0.717) is 11.9 Å². The molecule has 6 heteroatoms. The van der Waals surface area contributed by atoms with E-state index in [2.05, 4.69) is 15.0 Å². The molecule has 3 rings (SSSR count). The molecule has 1 aromatic carbocycles. The molecular weight excluding hydrogens is 309 g/mol. The summed E-state index contributed by atoms with van der Waals surface area (Å²) >= 11 is 0. The van der Waals surface area contributed by atoms with Gasteiger partial charge in [-0.3, -0.25) is 0 Å². The average Bonchev–Trinajstić information content (AvgIpc) is 2.90. The highest BCUT2D eigenvalue weighted by Crippen LogP contribution is 2.29. The van der Waals surface area contributed by atoms with Crippen molar-refractivity contribution in [2.45, 2.75) is 44.4 Å². The molecule has 0 amide bonds. The van der Waals surface area contributed by atoms with Gasteiger partial charge < -0.3 is 9.47 Å². The Morgan fingerprint density at radius 3 is 2.50 bits per heavy atom. The van der Waals surface area contributed by atoms with E-state index >= 15 is 0 Å². The van der Waals surface area contributed by atoms with E-state index in [0.717, 1.165) is 18.7 Å². The minimum Gasteiger partial charge on any atom is -0.487 e. The SMILES string of the molecule is Fc1ccccc1OCCOc1ncnc(C2CCCCCC2)n1. The summed E-state index contributed by atoms with van der Waals surface area (Å²) in [5.74, 6) is 1.05. The van der Waals surface area contributed by atoms with Crippen LogP contribution >= 0.6 is 0 Å². The Balaban J connectivity index is 1.50. The molecule has 1 aliphatic rings. The van der Waals surface area contributed by atoms with Gasteiger partial charge in [-0.15, -0.1) is 0 Å². The molecule has 0 radical (unpaired) electrons. The number of halogens is 1. The van der Waals surface area contributed by atoms with Crippen molar-refractivity contribution in [2.24, 2.45) is 0 Å². The Bertz CT molecular complexity index is 646. The maximum Gasteiger partial charge on any atom is 0.319 e. The summed E-state index contributed by atoms with van der Waals surface area (Å²) in [6, 6.07) is 6.60. The van der Waals surface area contributed by atoms with Gasteiger partial charge in [-0.1, -0.05) is 37.8 Å². The van der Waals surface area contributed by atoms with Crippen molar-refractivity contribution in [3.05, 3.63) is 42.2 Å². The molecule has 5 nitrogen and oxygen atoms in total. The first-order valence-corrected chi connectivity index (χ1v) is 8.52. The van der Waals surface area contributed by atoms with Gasteiger partial charge in [0.05, 0.1) is 0 Å². The Morgan fingerprint density at radius 1 is 0.958 bits per heavy atom. The van der Waals surface area contributed by atoms with E-state index in [1.165, 1.54) is 38.1 Å². The third-order valence-corrected chi connectivity index (χ3v) is 4.20. The lowest BCUT2D eigenvalue weighted by molar-refractivity contribution is 0.200. The zero-order valence-corrected chi connectivity index (χ0v) is 13.7. The number of para-hydroxylation sites is 1. The van der Waals surface area contributed by atoms with Gasteiger partial charge in [-0.05, 0) is 25.0 Å². The predicted molar refractivity (Wildman–Crippen MR) is 87.7 cm³/mol. The number of rotatable bonds is 6. The fraction of sp³-hybridized carbons (Fsp3) is 0.500. The molecule has 128 valence electrons. The molecule has 0 saturated heterocycles. The highest BCUT2D eigenvalue weighted by molar-refractivity contribution is 5.23. The summed E-state index contributed by atoms with van der Waals surface area (Å²) in [6.45, 7) is 0.480. The van der Waals surface area contributed by atoms with Crippen molar-refractivity contribution in [1.82, 2.24) is 15.0 Å². The molecule has 1 saturated carbocycles. The van der Waals surface area contributed by atoms with Gasteiger partial charge in [-0.25, -0.2) is 9.37 Å². The molecule has 0 unspecified atom stereocenters. The molecule has 24 heavy (non-hydrogen) atoms.